The number of carboxylic acids is 1. The summed E-state index contributed by atoms with van der Waals surface area (Å²) in [5.74, 6) is -0.562. The number of hydrogen-bond donors (Lipinski definition) is 1. The van der Waals surface area contributed by atoms with Gasteiger partial charge in [-0.25, -0.2) is 4.79 Å². The number of nitrogens with zero attached hydrogens (tertiary/aromatic N) is 1. The van der Waals surface area contributed by atoms with Crippen LogP contribution in [0.3, 0.4) is 0 Å². The molecule has 0 aliphatic rings. The highest BCUT2D eigenvalue weighted by molar-refractivity contribution is 7.85. The van der Waals surface area contributed by atoms with E-state index in [1.165, 1.54) is 6.07 Å². The van der Waals surface area contributed by atoms with Crippen molar-refractivity contribution < 1.29 is 14.1 Å². The van der Waals surface area contributed by atoms with Gasteiger partial charge in [-0.05, 0) is 25.2 Å². The van der Waals surface area contributed by atoms with Crippen LogP contribution in [0.2, 0.25) is 0 Å². The zero-order valence-electron chi connectivity index (χ0n) is 10.8. The minimum atomic E-state index is -1.26. The quantitative estimate of drug-likeness (QED) is 0.820. The van der Waals surface area contributed by atoms with Crippen molar-refractivity contribution in [3.8, 4) is 0 Å². The van der Waals surface area contributed by atoms with Gasteiger partial charge < -0.3 is 10.0 Å². The Hall–Kier alpha value is -1.20. The molecule has 0 aliphatic carbocycles. The molecule has 0 heterocycles. The van der Waals surface area contributed by atoms with Crippen LogP contribution in [0.25, 0.3) is 0 Å². The third-order valence-electron chi connectivity index (χ3n) is 2.85. The van der Waals surface area contributed by atoms with E-state index in [4.69, 9.17) is 5.11 Å². The molecular formula is C13H19NO3S. The average molecular weight is 269 g/mol. The van der Waals surface area contributed by atoms with Gasteiger partial charge in [0.1, 0.15) is 0 Å². The van der Waals surface area contributed by atoms with Gasteiger partial charge in [-0.15, -0.1) is 0 Å². The van der Waals surface area contributed by atoms with E-state index < -0.39 is 16.8 Å². The molecule has 5 heteroatoms. The van der Waals surface area contributed by atoms with Gasteiger partial charge in [0, 0.05) is 12.3 Å². The molecule has 0 amide bonds. The lowest BCUT2D eigenvalue weighted by atomic mass is 10.2. The van der Waals surface area contributed by atoms with E-state index in [2.05, 4.69) is 18.7 Å². The summed E-state index contributed by atoms with van der Waals surface area (Å²) in [4.78, 5) is 13.6. The van der Waals surface area contributed by atoms with Crippen molar-refractivity contribution in [3.63, 3.8) is 0 Å². The second kappa shape index (κ2) is 7.28. The van der Waals surface area contributed by atoms with Crippen molar-refractivity contribution in [3.05, 3.63) is 29.8 Å². The Morgan fingerprint density at radius 1 is 1.28 bits per heavy atom. The molecule has 0 fully saturated rings. The van der Waals surface area contributed by atoms with E-state index in [1.54, 1.807) is 18.2 Å². The first-order chi connectivity index (χ1) is 8.60. The molecule has 0 bridgehead atoms. The van der Waals surface area contributed by atoms with Crippen LogP contribution in [0.15, 0.2) is 29.2 Å². The van der Waals surface area contributed by atoms with Crippen molar-refractivity contribution in [2.45, 2.75) is 18.7 Å². The van der Waals surface area contributed by atoms with E-state index in [9.17, 15) is 9.00 Å². The summed E-state index contributed by atoms with van der Waals surface area (Å²) in [5, 5.41) is 9.04. The molecule has 1 rings (SSSR count). The molecule has 1 aromatic rings. The number of rotatable bonds is 7. The van der Waals surface area contributed by atoms with Gasteiger partial charge in [-0.1, -0.05) is 26.0 Å². The minimum Gasteiger partial charge on any atom is -0.478 e. The van der Waals surface area contributed by atoms with Gasteiger partial charge in [-0.3, -0.25) is 4.21 Å². The minimum absolute atomic E-state index is 0.135. The first-order valence-electron chi connectivity index (χ1n) is 6.03. The largest absolute Gasteiger partial charge is 0.478 e. The standard InChI is InChI=1S/C13H19NO3S/c1-3-14(4-2)9-10-18(17)12-8-6-5-7-11(12)13(15)16/h5-8H,3-4,9-10H2,1-2H3,(H,15,16). The Bertz CT molecular complexity index is 430. The fourth-order valence-electron chi connectivity index (χ4n) is 1.70. The highest BCUT2D eigenvalue weighted by Gasteiger charge is 2.14. The van der Waals surface area contributed by atoms with Gasteiger partial charge >= 0.3 is 5.97 Å². The fraction of sp³-hybridized carbons (Fsp3) is 0.462. The second-order valence-electron chi connectivity index (χ2n) is 3.88. The molecule has 0 radical (unpaired) electrons. The van der Waals surface area contributed by atoms with Crippen LogP contribution in [-0.4, -0.2) is 45.6 Å². The molecule has 100 valence electrons. The molecule has 18 heavy (non-hydrogen) atoms. The van der Waals surface area contributed by atoms with Crippen LogP contribution in [0, 0.1) is 0 Å². The average Bonchev–Trinajstić information content (AvgIpc) is 2.39. The predicted molar refractivity (Wildman–Crippen MR) is 72.5 cm³/mol. The Kier molecular flexibility index (Phi) is 6.01. The second-order valence-corrected chi connectivity index (χ2v) is 5.42. The zero-order chi connectivity index (χ0) is 13.5. The summed E-state index contributed by atoms with van der Waals surface area (Å²) >= 11 is 0. The highest BCUT2D eigenvalue weighted by Crippen LogP contribution is 2.14. The van der Waals surface area contributed by atoms with Gasteiger partial charge in [-0.2, -0.15) is 0 Å². The van der Waals surface area contributed by atoms with Crippen LogP contribution in [0.5, 0.6) is 0 Å². The lowest BCUT2D eigenvalue weighted by Gasteiger charge is -2.17. The molecule has 0 spiro atoms. The fourth-order valence-corrected chi connectivity index (χ4v) is 2.98. The first kappa shape index (κ1) is 14.9. The molecule has 1 N–H and O–H groups in total. The molecule has 1 unspecified atom stereocenters. The Morgan fingerprint density at radius 2 is 1.89 bits per heavy atom. The van der Waals surface area contributed by atoms with Crippen molar-refractivity contribution in [2.24, 2.45) is 0 Å². The monoisotopic (exact) mass is 269 g/mol. The Balaban J connectivity index is 2.75. The Morgan fingerprint density at radius 3 is 2.44 bits per heavy atom. The maximum absolute atomic E-state index is 12.1. The molecule has 0 saturated heterocycles. The molecule has 0 saturated carbocycles. The predicted octanol–water partition coefficient (Wildman–Crippen LogP) is 1.83. The van der Waals surface area contributed by atoms with Crippen LogP contribution in [0.1, 0.15) is 24.2 Å². The third kappa shape index (κ3) is 3.92. The van der Waals surface area contributed by atoms with Gasteiger partial charge in [0.25, 0.3) is 0 Å². The van der Waals surface area contributed by atoms with E-state index in [1.807, 2.05) is 0 Å². The van der Waals surface area contributed by atoms with Crippen LogP contribution < -0.4 is 0 Å². The summed E-state index contributed by atoms with van der Waals surface area (Å²) in [6, 6.07) is 6.49. The topological polar surface area (TPSA) is 57.6 Å². The SMILES string of the molecule is CCN(CC)CCS(=O)c1ccccc1C(=O)O. The van der Waals surface area contributed by atoms with E-state index in [-0.39, 0.29) is 5.56 Å². The summed E-state index contributed by atoms with van der Waals surface area (Å²) in [6.45, 7) is 6.64. The van der Waals surface area contributed by atoms with Crippen molar-refractivity contribution in [2.75, 3.05) is 25.4 Å². The summed E-state index contributed by atoms with van der Waals surface area (Å²) in [5.41, 5.74) is 0.135. The van der Waals surface area contributed by atoms with Gasteiger partial charge in [0.15, 0.2) is 0 Å². The number of hydrogen-bond acceptors (Lipinski definition) is 3. The summed E-state index contributed by atoms with van der Waals surface area (Å²) in [7, 11) is -1.26. The number of benzene rings is 1. The highest BCUT2D eigenvalue weighted by atomic mass is 32.2. The number of aromatic carboxylic acids is 1. The van der Waals surface area contributed by atoms with Gasteiger partial charge in [0.2, 0.25) is 0 Å². The lowest BCUT2D eigenvalue weighted by Crippen LogP contribution is -2.27. The van der Waals surface area contributed by atoms with Crippen LogP contribution in [0.4, 0.5) is 0 Å². The van der Waals surface area contributed by atoms with Crippen molar-refractivity contribution in [1.29, 1.82) is 0 Å². The van der Waals surface area contributed by atoms with Crippen molar-refractivity contribution >= 4 is 16.8 Å². The number of carbonyl (C=O) groups is 1. The van der Waals surface area contributed by atoms with E-state index in [0.29, 0.717) is 17.2 Å². The molecule has 1 atom stereocenters. The lowest BCUT2D eigenvalue weighted by molar-refractivity contribution is 0.0693. The number of carboxylic acid groups (broad SMARTS) is 1. The molecular weight excluding hydrogens is 250 g/mol. The molecule has 1 aromatic carbocycles. The van der Waals surface area contributed by atoms with Gasteiger partial charge in [0.05, 0.1) is 21.3 Å². The van der Waals surface area contributed by atoms with E-state index in [0.717, 1.165) is 13.1 Å². The maximum Gasteiger partial charge on any atom is 0.336 e. The summed E-state index contributed by atoms with van der Waals surface area (Å²) < 4.78 is 12.1. The molecule has 0 aliphatic heterocycles. The smallest absolute Gasteiger partial charge is 0.336 e. The van der Waals surface area contributed by atoms with Crippen LogP contribution >= 0.6 is 0 Å². The Labute approximate surface area is 110 Å². The zero-order valence-corrected chi connectivity index (χ0v) is 11.6. The third-order valence-corrected chi connectivity index (χ3v) is 4.25. The maximum atomic E-state index is 12.1. The molecule has 4 nitrogen and oxygen atoms in total. The normalized spacial score (nSPS) is 12.6. The van der Waals surface area contributed by atoms with Crippen molar-refractivity contribution in [1.82, 2.24) is 4.90 Å². The summed E-state index contributed by atoms with van der Waals surface area (Å²) in [6.07, 6.45) is 0. The molecule has 0 aromatic heterocycles. The van der Waals surface area contributed by atoms with Crippen LogP contribution in [-0.2, 0) is 10.8 Å². The first-order valence-corrected chi connectivity index (χ1v) is 7.35. The van der Waals surface area contributed by atoms with E-state index >= 15 is 0 Å².